The predicted molar refractivity (Wildman–Crippen MR) is 82.4 cm³/mol. The van der Waals surface area contributed by atoms with E-state index in [-0.39, 0.29) is 17.9 Å². The van der Waals surface area contributed by atoms with Crippen molar-refractivity contribution in [1.29, 1.82) is 0 Å². The zero-order valence-corrected chi connectivity index (χ0v) is 13.6. The van der Waals surface area contributed by atoms with Gasteiger partial charge in [0.05, 0.1) is 5.92 Å². The molecule has 0 heterocycles. The molecule has 0 aromatic carbocycles. The minimum Gasteiger partial charge on any atom is -0.393 e. The maximum atomic E-state index is 11.7. The van der Waals surface area contributed by atoms with Crippen molar-refractivity contribution in [3.05, 3.63) is 0 Å². The van der Waals surface area contributed by atoms with E-state index in [1.807, 2.05) is 6.92 Å². The highest BCUT2D eigenvalue weighted by Gasteiger charge is 2.17. The van der Waals surface area contributed by atoms with E-state index in [0.29, 0.717) is 6.42 Å². The summed E-state index contributed by atoms with van der Waals surface area (Å²) in [6.07, 6.45) is 11.2. The van der Waals surface area contributed by atoms with E-state index in [1.165, 1.54) is 25.7 Å². The van der Waals surface area contributed by atoms with Crippen LogP contribution in [0.1, 0.15) is 91.4 Å². The summed E-state index contributed by atoms with van der Waals surface area (Å²) in [6.45, 7) is 6.18. The van der Waals surface area contributed by atoms with Crippen molar-refractivity contribution >= 4 is 11.9 Å². The largest absolute Gasteiger partial charge is 0.393 e. The van der Waals surface area contributed by atoms with E-state index in [2.05, 4.69) is 13.8 Å². The summed E-state index contributed by atoms with van der Waals surface area (Å²) in [5.74, 6) is -0.858. The van der Waals surface area contributed by atoms with E-state index >= 15 is 0 Å². The molecule has 0 bridgehead atoms. The van der Waals surface area contributed by atoms with Crippen LogP contribution in [0.5, 0.6) is 0 Å². The zero-order chi connectivity index (χ0) is 15.2. The first kappa shape index (κ1) is 19.1. The molecule has 0 aliphatic rings. The van der Waals surface area contributed by atoms with Gasteiger partial charge in [0.25, 0.3) is 0 Å². The summed E-state index contributed by atoms with van der Waals surface area (Å²) in [5.41, 5.74) is 0. The first-order valence-electron chi connectivity index (χ1n) is 8.36. The fourth-order valence-corrected chi connectivity index (χ4v) is 2.13. The normalized spacial score (nSPS) is 12.2. The number of unbranched alkanes of at least 4 members (excludes halogenated alkanes) is 7. The number of carbonyl (C=O) groups is 2. The Morgan fingerprint density at radius 2 is 1.40 bits per heavy atom. The molecule has 20 heavy (non-hydrogen) atoms. The molecule has 0 saturated heterocycles. The molecule has 0 amide bonds. The van der Waals surface area contributed by atoms with Crippen molar-refractivity contribution in [2.75, 3.05) is 0 Å². The van der Waals surface area contributed by atoms with Crippen molar-refractivity contribution < 1.29 is 14.3 Å². The summed E-state index contributed by atoms with van der Waals surface area (Å²) in [6, 6.07) is 0. The minimum atomic E-state index is -0.355. The van der Waals surface area contributed by atoms with Crippen LogP contribution in [0.15, 0.2) is 0 Å². The fraction of sp³-hybridized carbons (Fsp3) is 0.882. The number of hydrogen-bond donors (Lipinski definition) is 0. The molecule has 3 heteroatoms. The van der Waals surface area contributed by atoms with Crippen LogP contribution >= 0.6 is 0 Å². The van der Waals surface area contributed by atoms with Crippen LogP contribution in [-0.2, 0) is 14.3 Å². The van der Waals surface area contributed by atoms with Gasteiger partial charge in [0.2, 0.25) is 0 Å². The van der Waals surface area contributed by atoms with Crippen molar-refractivity contribution in [2.45, 2.75) is 91.4 Å². The minimum absolute atomic E-state index is 0.157. The third-order valence-corrected chi connectivity index (χ3v) is 3.59. The fourth-order valence-electron chi connectivity index (χ4n) is 2.13. The number of hydrogen-bond acceptors (Lipinski definition) is 3. The highest BCUT2D eigenvalue weighted by Crippen LogP contribution is 2.13. The summed E-state index contributed by atoms with van der Waals surface area (Å²) < 4.78 is 4.90. The summed E-state index contributed by atoms with van der Waals surface area (Å²) in [7, 11) is 0. The quantitative estimate of drug-likeness (QED) is 0.287. The third kappa shape index (κ3) is 11.0. The number of esters is 2. The highest BCUT2D eigenvalue weighted by atomic mass is 16.6. The molecular formula is C17H32O3. The summed E-state index contributed by atoms with van der Waals surface area (Å²) >= 11 is 0. The van der Waals surface area contributed by atoms with Gasteiger partial charge < -0.3 is 4.74 Å². The lowest BCUT2D eigenvalue weighted by molar-refractivity contribution is -0.162. The molecule has 0 aromatic heterocycles. The van der Waals surface area contributed by atoms with Crippen LogP contribution in [0.4, 0.5) is 0 Å². The topological polar surface area (TPSA) is 43.4 Å². The van der Waals surface area contributed by atoms with Gasteiger partial charge in [-0.2, -0.15) is 0 Å². The van der Waals surface area contributed by atoms with Crippen LogP contribution in [0, 0.1) is 5.92 Å². The molecule has 1 unspecified atom stereocenters. The van der Waals surface area contributed by atoms with Crippen LogP contribution < -0.4 is 0 Å². The molecule has 0 radical (unpaired) electrons. The molecule has 0 aromatic rings. The molecule has 0 aliphatic carbocycles. The van der Waals surface area contributed by atoms with Gasteiger partial charge in [0, 0.05) is 6.42 Å². The van der Waals surface area contributed by atoms with E-state index in [1.54, 1.807) is 0 Å². The lowest BCUT2D eigenvalue weighted by Crippen LogP contribution is -2.19. The molecule has 0 rings (SSSR count). The van der Waals surface area contributed by atoms with Gasteiger partial charge in [-0.1, -0.05) is 72.1 Å². The van der Waals surface area contributed by atoms with Crippen molar-refractivity contribution in [2.24, 2.45) is 5.92 Å². The average Bonchev–Trinajstić information content (AvgIpc) is 2.43. The van der Waals surface area contributed by atoms with Crippen molar-refractivity contribution in [1.82, 2.24) is 0 Å². The molecule has 0 N–H and O–H groups in total. The number of carbonyl (C=O) groups excluding carboxylic acids is 2. The van der Waals surface area contributed by atoms with Gasteiger partial charge in [-0.15, -0.1) is 0 Å². The maximum absolute atomic E-state index is 11.7. The Morgan fingerprint density at radius 1 is 0.850 bits per heavy atom. The molecule has 0 fully saturated rings. The Hall–Kier alpha value is -0.860. The van der Waals surface area contributed by atoms with Gasteiger partial charge in [-0.25, -0.2) is 0 Å². The van der Waals surface area contributed by atoms with Gasteiger partial charge in [-0.3, -0.25) is 9.59 Å². The first-order valence-corrected chi connectivity index (χ1v) is 8.36. The van der Waals surface area contributed by atoms with E-state index < -0.39 is 0 Å². The van der Waals surface area contributed by atoms with Crippen molar-refractivity contribution in [3.63, 3.8) is 0 Å². The second kappa shape index (κ2) is 13.1. The standard InChI is InChI=1S/C17H32O3/c1-4-6-8-10-12-14-16(18)20-17(19)15(3)13-11-9-7-5-2/h15H,4-14H2,1-3H3. The van der Waals surface area contributed by atoms with Crippen molar-refractivity contribution in [3.8, 4) is 0 Å². The summed E-state index contributed by atoms with van der Waals surface area (Å²) in [4.78, 5) is 23.2. The molecule has 1 atom stereocenters. The molecule has 118 valence electrons. The van der Waals surface area contributed by atoms with Crippen LogP contribution in [0.3, 0.4) is 0 Å². The van der Waals surface area contributed by atoms with Gasteiger partial charge in [0.1, 0.15) is 0 Å². The Labute approximate surface area is 124 Å². The average molecular weight is 284 g/mol. The Kier molecular flexibility index (Phi) is 12.6. The van der Waals surface area contributed by atoms with Gasteiger partial charge in [0.15, 0.2) is 0 Å². The van der Waals surface area contributed by atoms with Crippen LogP contribution in [0.2, 0.25) is 0 Å². The zero-order valence-electron chi connectivity index (χ0n) is 13.6. The van der Waals surface area contributed by atoms with E-state index in [4.69, 9.17) is 4.74 Å². The van der Waals surface area contributed by atoms with E-state index in [0.717, 1.165) is 38.5 Å². The number of rotatable bonds is 12. The predicted octanol–water partition coefficient (Wildman–Crippen LogP) is 5.02. The van der Waals surface area contributed by atoms with Gasteiger partial charge in [-0.05, 0) is 12.8 Å². The lowest BCUT2D eigenvalue weighted by Gasteiger charge is -2.10. The summed E-state index contributed by atoms with van der Waals surface area (Å²) in [5, 5.41) is 0. The molecule has 0 spiro atoms. The monoisotopic (exact) mass is 284 g/mol. The Balaban J connectivity index is 3.64. The van der Waals surface area contributed by atoms with Gasteiger partial charge >= 0.3 is 11.9 Å². The van der Waals surface area contributed by atoms with Crippen LogP contribution in [-0.4, -0.2) is 11.9 Å². The molecule has 0 saturated carbocycles. The Morgan fingerprint density at radius 3 is 2.00 bits per heavy atom. The SMILES string of the molecule is CCCCCCCC(=O)OC(=O)C(C)CCCCCC. The highest BCUT2D eigenvalue weighted by molar-refractivity contribution is 5.86. The lowest BCUT2D eigenvalue weighted by atomic mass is 10.0. The Bertz CT molecular complexity index is 261. The molecule has 3 nitrogen and oxygen atoms in total. The molecule has 0 aliphatic heterocycles. The van der Waals surface area contributed by atoms with Crippen LogP contribution in [0.25, 0.3) is 0 Å². The smallest absolute Gasteiger partial charge is 0.316 e. The first-order chi connectivity index (χ1) is 9.61. The van der Waals surface area contributed by atoms with E-state index in [9.17, 15) is 9.59 Å². The third-order valence-electron chi connectivity index (χ3n) is 3.59. The number of ether oxygens (including phenoxy) is 1. The second-order valence-electron chi connectivity index (χ2n) is 5.71. The second-order valence-corrected chi connectivity index (χ2v) is 5.71. The maximum Gasteiger partial charge on any atom is 0.316 e. The molecular weight excluding hydrogens is 252 g/mol.